The van der Waals surface area contributed by atoms with Gasteiger partial charge < -0.3 is 14.6 Å². The molecule has 0 fully saturated rings. The summed E-state index contributed by atoms with van der Waals surface area (Å²) < 4.78 is 12.8. The summed E-state index contributed by atoms with van der Waals surface area (Å²) in [5.74, 6) is 1.37. The molecule has 0 aliphatic carbocycles. The minimum atomic E-state index is -0.593. The van der Waals surface area contributed by atoms with Gasteiger partial charge in [-0.05, 0) is 37.1 Å². The van der Waals surface area contributed by atoms with Crippen LogP contribution < -0.4 is 9.47 Å². The average molecular weight is 290 g/mol. The van der Waals surface area contributed by atoms with E-state index < -0.39 is 6.10 Å². The highest BCUT2D eigenvalue weighted by molar-refractivity contribution is 5.43. The topological polar surface area (TPSA) is 56.5 Å². The maximum Gasteiger partial charge on any atom is 0.161 e. The first kappa shape index (κ1) is 15.4. The molecule has 2 aromatic rings. The van der Waals surface area contributed by atoms with Gasteiger partial charge in [-0.2, -0.15) is 5.10 Å². The zero-order valence-electron chi connectivity index (χ0n) is 12.7. The van der Waals surface area contributed by atoms with E-state index in [0.29, 0.717) is 31.1 Å². The van der Waals surface area contributed by atoms with Crippen molar-refractivity contribution in [3.8, 4) is 11.5 Å². The number of aliphatic hydroxyl groups excluding tert-OH is 1. The fourth-order valence-corrected chi connectivity index (χ4v) is 2.19. The molecule has 1 aromatic heterocycles. The molecule has 1 aromatic carbocycles. The highest BCUT2D eigenvalue weighted by Crippen LogP contribution is 2.31. The van der Waals surface area contributed by atoms with E-state index in [4.69, 9.17) is 9.47 Å². The molecule has 0 spiro atoms. The van der Waals surface area contributed by atoms with Crippen molar-refractivity contribution in [2.45, 2.75) is 26.4 Å². The third-order valence-corrected chi connectivity index (χ3v) is 3.14. The zero-order valence-corrected chi connectivity index (χ0v) is 12.7. The Morgan fingerprint density at radius 3 is 2.52 bits per heavy atom. The average Bonchev–Trinajstić information content (AvgIpc) is 2.86. The molecule has 0 radical (unpaired) electrons. The lowest BCUT2D eigenvalue weighted by atomic mass is 10.0. The molecule has 2 rings (SSSR count). The number of aliphatic hydroxyl groups is 1. The van der Waals surface area contributed by atoms with Gasteiger partial charge in [0.2, 0.25) is 0 Å². The molecule has 0 saturated heterocycles. The van der Waals surface area contributed by atoms with E-state index in [-0.39, 0.29) is 0 Å². The smallest absolute Gasteiger partial charge is 0.161 e. The zero-order chi connectivity index (χ0) is 15.2. The first-order valence-electron chi connectivity index (χ1n) is 7.19. The summed E-state index contributed by atoms with van der Waals surface area (Å²) in [6.07, 6.45) is 3.60. The van der Waals surface area contributed by atoms with Crippen LogP contribution in [0.4, 0.5) is 0 Å². The lowest BCUT2D eigenvalue weighted by Crippen LogP contribution is -2.04. The van der Waals surface area contributed by atoms with Crippen LogP contribution in [-0.2, 0) is 13.5 Å². The molecule has 0 aliphatic rings. The number of nitrogens with zero attached hydrogens (tertiary/aromatic N) is 2. The molecule has 114 valence electrons. The molecular formula is C16H22N2O3. The Morgan fingerprint density at radius 2 is 1.90 bits per heavy atom. The minimum absolute atomic E-state index is 0.521. The van der Waals surface area contributed by atoms with E-state index in [0.717, 1.165) is 11.1 Å². The molecule has 0 bridgehead atoms. The van der Waals surface area contributed by atoms with Crippen LogP contribution in [0.3, 0.4) is 0 Å². The molecule has 0 aliphatic heterocycles. The third-order valence-electron chi connectivity index (χ3n) is 3.14. The van der Waals surface area contributed by atoms with Gasteiger partial charge in [-0.25, -0.2) is 0 Å². The van der Waals surface area contributed by atoms with Crippen molar-refractivity contribution in [1.82, 2.24) is 9.78 Å². The minimum Gasteiger partial charge on any atom is -0.490 e. The van der Waals surface area contributed by atoms with Gasteiger partial charge in [-0.15, -0.1) is 0 Å². The van der Waals surface area contributed by atoms with Gasteiger partial charge in [0.05, 0.1) is 25.5 Å². The first-order chi connectivity index (χ1) is 10.1. The van der Waals surface area contributed by atoms with Crippen molar-refractivity contribution < 1.29 is 14.6 Å². The molecular weight excluding hydrogens is 268 g/mol. The SMILES string of the molecule is CCOc1ccc(C(O)Cc2cnn(C)c2)cc1OCC. The van der Waals surface area contributed by atoms with E-state index in [1.165, 1.54) is 0 Å². The van der Waals surface area contributed by atoms with E-state index in [9.17, 15) is 5.11 Å². The number of ether oxygens (including phenoxy) is 2. The molecule has 1 atom stereocenters. The fraction of sp³-hybridized carbons (Fsp3) is 0.438. The Labute approximate surface area is 125 Å². The maximum absolute atomic E-state index is 10.4. The fourth-order valence-electron chi connectivity index (χ4n) is 2.19. The van der Waals surface area contributed by atoms with Crippen LogP contribution in [0.25, 0.3) is 0 Å². The van der Waals surface area contributed by atoms with Crippen LogP contribution >= 0.6 is 0 Å². The highest BCUT2D eigenvalue weighted by atomic mass is 16.5. The van der Waals surface area contributed by atoms with Crippen molar-refractivity contribution in [1.29, 1.82) is 0 Å². The summed E-state index contributed by atoms with van der Waals surface area (Å²) in [5, 5.41) is 14.5. The Kier molecular flexibility index (Phi) is 5.22. The van der Waals surface area contributed by atoms with Crippen LogP contribution in [0.1, 0.15) is 31.1 Å². The third kappa shape index (κ3) is 3.98. The Hall–Kier alpha value is -2.01. The summed E-state index contributed by atoms with van der Waals surface area (Å²) >= 11 is 0. The first-order valence-corrected chi connectivity index (χ1v) is 7.19. The molecule has 1 N–H and O–H groups in total. The second kappa shape index (κ2) is 7.13. The number of aryl methyl sites for hydroxylation is 1. The molecule has 5 heteroatoms. The molecule has 5 nitrogen and oxygen atoms in total. The predicted molar refractivity (Wildman–Crippen MR) is 80.7 cm³/mol. The van der Waals surface area contributed by atoms with Crippen molar-refractivity contribution in [2.24, 2.45) is 7.05 Å². The number of rotatable bonds is 7. The van der Waals surface area contributed by atoms with Gasteiger partial charge >= 0.3 is 0 Å². The molecule has 21 heavy (non-hydrogen) atoms. The van der Waals surface area contributed by atoms with Gasteiger partial charge in [-0.1, -0.05) is 6.07 Å². The van der Waals surface area contributed by atoms with Crippen molar-refractivity contribution in [3.05, 3.63) is 41.7 Å². The largest absolute Gasteiger partial charge is 0.490 e. The van der Waals surface area contributed by atoms with Gasteiger partial charge in [0.1, 0.15) is 0 Å². The summed E-state index contributed by atoms with van der Waals surface area (Å²) in [4.78, 5) is 0. The Bertz CT molecular complexity index is 581. The lowest BCUT2D eigenvalue weighted by molar-refractivity contribution is 0.177. The quantitative estimate of drug-likeness (QED) is 0.851. The Morgan fingerprint density at radius 1 is 1.19 bits per heavy atom. The van der Waals surface area contributed by atoms with Crippen LogP contribution in [0, 0.1) is 0 Å². The normalized spacial score (nSPS) is 12.2. The van der Waals surface area contributed by atoms with Gasteiger partial charge in [0, 0.05) is 19.7 Å². The van der Waals surface area contributed by atoms with Crippen LogP contribution in [0.5, 0.6) is 11.5 Å². The van der Waals surface area contributed by atoms with E-state index in [1.54, 1.807) is 10.9 Å². The second-order valence-corrected chi connectivity index (χ2v) is 4.81. The van der Waals surface area contributed by atoms with Crippen molar-refractivity contribution in [2.75, 3.05) is 13.2 Å². The van der Waals surface area contributed by atoms with Gasteiger partial charge in [0.25, 0.3) is 0 Å². The summed E-state index contributed by atoms with van der Waals surface area (Å²) in [7, 11) is 1.86. The standard InChI is InChI=1S/C16H22N2O3/c1-4-20-15-7-6-13(9-16(15)21-5-2)14(19)8-12-10-17-18(3)11-12/h6-7,9-11,14,19H,4-5,8H2,1-3H3. The second-order valence-electron chi connectivity index (χ2n) is 4.81. The van der Waals surface area contributed by atoms with Gasteiger partial charge in [0.15, 0.2) is 11.5 Å². The summed E-state index contributed by atoms with van der Waals surface area (Å²) in [6.45, 7) is 5.00. The van der Waals surface area contributed by atoms with Gasteiger partial charge in [-0.3, -0.25) is 4.68 Å². The lowest BCUT2D eigenvalue weighted by Gasteiger charge is -2.15. The molecule has 1 heterocycles. The summed E-state index contributed by atoms with van der Waals surface area (Å²) in [5.41, 5.74) is 1.81. The molecule has 1 unspecified atom stereocenters. The van der Waals surface area contributed by atoms with Crippen LogP contribution in [-0.4, -0.2) is 28.1 Å². The predicted octanol–water partition coefficient (Wildman–Crippen LogP) is 2.49. The number of hydrogen-bond donors (Lipinski definition) is 1. The van der Waals surface area contributed by atoms with Crippen LogP contribution in [0.15, 0.2) is 30.6 Å². The highest BCUT2D eigenvalue weighted by Gasteiger charge is 2.13. The van der Waals surface area contributed by atoms with E-state index in [2.05, 4.69) is 5.10 Å². The molecule has 0 amide bonds. The summed E-state index contributed by atoms with van der Waals surface area (Å²) in [6, 6.07) is 5.56. The van der Waals surface area contributed by atoms with E-state index in [1.807, 2.05) is 45.3 Å². The van der Waals surface area contributed by atoms with Crippen molar-refractivity contribution >= 4 is 0 Å². The monoisotopic (exact) mass is 290 g/mol. The number of benzene rings is 1. The maximum atomic E-state index is 10.4. The Balaban J connectivity index is 2.16. The number of hydrogen-bond acceptors (Lipinski definition) is 4. The van der Waals surface area contributed by atoms with E-state index >= 15 is 0 Å². The van der Waals surface area contributed by atoms with Crippen molar-refractivity contribution in [3.63, 3.8) is 0 Å². The van der Waals surface area contributed by atoms with Crippen LogP contribution in [0.2, 0.25) is 0 Å². The number of aromatic nitrogens is 2. The molecule has 0 saturated carbocycles.